The van der Waals surface area contributed by atoms with Gasteiger partial charge in [-0.2, -0.15) is 0 Å². The van der Waals surface area contributed by atoms with E-state index in [-0.39, 0.29) is 11.9 Å². The van der Waals surface area contributed by atoms with Gasteiger partial charge in [0.25, 0.3) is 5.69 Å². The van der Waals surface area contributed by atoms with E-state index in [0.717, 1.165) is 6.07 Å². The van der Waals surface area contributed by atoms with Gasteiger partial charge in [0, 0.05) is 0 Å². The fourth-order valence-corrected chi connectivity index (χ4v) is 1.64. The van der Waals surface area contributed by atoms with Gasteiger partial charge in [-0.3, -0.25) is 20.2 Å². The van der Waals surface area contributed by atoms with Crippen LogP contribution >= 0.6 is 0 Å². The van der Waals surface area contributed by atoms with Crippen LogP contribution in [0.5, 0.6) is 0 Å². The third kappa shape index (κ3) is 5.96. The summed E-state index contributed by atoms with van der Waals surface area (Å²) in [6, 6.07) is 1.30. The Morgan fingerprint density at radius 1 is 1.38 bits per heavy atom. The first-order valence-corrected chi connectivity index (χ1v) is 7.22. The number of anilines is 1. The van der Waals surface area contributed by atoms with Crippen LogP contribution in [0.3, 0.4) is 0 Å². The van der Waals surface area contributed by atoms with Crippen molar-refractivity contribution in [1.29, 1.82) is 0 Å². The summed E-state index contributed by atoms with van der Waals surface area (Å²) in [5.74, 6) is -1.90. The summed E-state index contributed by atoms with van der Waals surface area (Å²) in [4.78, 5) is 44.0. The standard InChI is InChI=1S/C16H17FN2O7/c1-9(14(21)26-16(2,3)4)8-25-15(22)18-12-5-10(7-20)13(19(23)24)6-11(12)17/h5-7H,1,8H2,2-4H3,(H,18,22). The molecule has 0 fully saturated rings. The second kappa shape index (κ2) is 8.19. The van der Waals surface area contributed by atoms with Crippen molar-refractivity contribution in [1.82, 2.24) is 0 Å². The number of aldehydes is 1. The number of hydrogen-bond acceptors (Lipinski definition) is 7. The minimum absolute atomic E-state index is 0.146. The van der Waals surface area contributed by atoms with E-state index < -0.39 is 51.9 Å². The van der Waals surface area contributed by atoms with Crippen molar-refractivity contribution >= 4 is 29.7 Å². The van der Waals surface area contributed by atoms with E-state index in [9.17, 15) is 28.9 Å². The molecular formula is C16H17FN2O7. The molecule has 1 aromatic carbocycles. The van der Waals surface area contributed by atoms with Crippen molar-refractivity contribution in [2.75, 3.05) is 11.9 Å². The van der Waals surface area contributed by atoms with Crippen LogP contribution in [0.15, 0.2) is 24.3 Å². The van der Waals surface area contributed by atoms with Crippen molar-refractivity contribution in [3.05, 3.63) is 45.8 Å². The molecule has 0 spiro atoms. The highest BCUT2D eigenvalue weighted by atomic mass is 19.1. The number of rotatable bonds is 6. The molecule has 0 aliphatic rings. The van der Waals surface area contributed by atoms with Crippen LogP contribution in [0.2, 0.25) is 0 Å². The molecule has 1 N–H and O–H groups in total. The Labute approximate surface area is 147 Å². The highest BCUT2D eigenvalue weighted by molar-refractivity contribution is 5.91. The average molecular weight is 368 g/mol. The third-order valence-corrected chi connectivity index (χ3v) is 2.74. The Balaban J connectivity index is 2.74. The Bertz CT molecular complexity index is 769. The molecule has 140 valence electrons. The third-order valence-electron chi connectivity index (χ3n) is 2.74. The van der Waals surface area contributed by atoms with E-state index in [4.69, 9.17) is 9.47 Å². The molecule has 0 saturated heterocycles. The molecule has 10 heteroatoms. The summed E-state index contributed by atoms with van der Waals surface area (Å²) in [6.07, 6.45) is -1.00. The molecule has 0 aromatic heterocycles. The molecule has 1 rings (SSSR count). The van der Waals surface area contributed by atoms with E-state index in [1.54, 1.807) is 20.8 Å². The lowest BCUT2D eigenvalue weighted by Crippen LogP contribution is -2.26. The predicted molar refractivity (Wildman–Crippen MR) is 88.4 cm³/mol. The summed E-state index contributed by atoms with van der Waals surface area (Å²) in [6.45, 7) is 7.84. The van der Waals surface area contributed by atoms with Crippen LogP contribution < -0.4 is 5.32 Å². The van der Waals surface area contributed by atoms with Crippen LogP contribution in [-0.4, -0.2) is 35.5 Å². The molecule has 0 unspecified atom stereocenters. The first-order valence-electron chi connectivity index (χ1n) is 7.22. The number of ether oxygens (including phenoxy) is 2. The number of halogens is 1. The van der Waals surface area contributed by atoms with Gasteiger partial charge in [0.05, 0.1) is 27.8 Å². The summed E-state index contributed by atoms with van der Waals surface area (Å²) >= 11 is 0. The fourth-order valence-electron chi connectivity index (χ4n) is 1.64. The zero-order valence-electron chi connectivity index (χ0n) is 14.3. The van der Waals surface area contributed by atoms with Crippen molar-refractivity contribution in [2.24, 2.45) is 0 Å². The number of nitrogens with one attached hydrogen (secondary N) is 1. The van der Waals surface area contributed by atoms with Crippen LogP contribution in [0.25, 0.3) is 0 Å². The van der Waals surface area contributed by atoms with E-state index >= 15 is 0 Å². The molecule has 26 heavy (non-hydrogen) atoms. The normalized spacial score (nSPS) is 10.6. The maximum absolute atomic E-state index is 13.8. The topological polar surface area (TPSA) is 125 Å². The number of amides is 1. The van der Waals surface area contributed by atoms with Gasteiger partial charge in [-0.1, -0.05) is 6.58 Å². The molecule has 9 nitrogen and oxygen atoms in total. The van der Waals surface area contributed by atoms with Crippen molar-refractivity contribution in [2.45, 2.75) is 26.4 Å². The highest BCUT2D eigenvalue weighted by Crippen LogP contribution is 2.25. The quantitative estimate of drug-likeness (QED) is 0.269. The van der Waals surface area contributed by atoms with Gasteiger partial charge in [0.15, 0.2) is 12.1 Å². The smallest absolute Gasteiger partial charge is 0.412 e. The summed E-state index contributed by atoms with van der Waals surface area (Å²) in [7, 11) is 0. The van der Waals surface area contributed by atoms with E-state index in [1.807, 2.05) is 5.32 Å². The first-order chi connectivity index (χ1) is 11.9. The van der Waals surface area contributed by atoms with Crippen molar-refractivity contribution < 1.29 is 33.2 Å². The second-order valence-corrected chi connectivity index (χ2v) is 6.07. The lowest BCUT2D eigenvalue weighted by atomic mass is 10.1. The highest BCUT2D eigenvalue weighted by Gasteiger charge is 2.21. The molecule has 0 radical (unpaired) electrons. The molecule has 1 aromatic rings. The van der Waals surface area contributed by atoms with E-state index in [2.05, 4.69) is 6.58 Å². The SMILES string of the molecule is C=C(COC(=O)Nc1cc(C=O)c([N+](=O)[O-])cc1F)C(=O)OC(C)(C)C. The molecule has 0 bridgehead atoms. The van der Waals surface area contributed by atoms with Crippen molar-refractivity contribution in [3.8, 4) is 0 Å². The first kappa shape index (κ1) is 20.7. The monoisotopic (exact) mass is 368 g/mol. The molecule has 0 aliphatic heterocycles. The van der Waals surface area contributed by atoms with Gasteiger partial charge in [-0.05, 0) is 26.8 Å². The Hall–Kier alpha value is -3.30. The zero-order chi connectivity index (χ0) is 20.1. The van der Waals surface area contributed by atoms with Gasteiger partial charge in [-0.15, -0.1) is 0 Å². The Morgan fingerprint density at radius 2 is 2.00 bits per heavy atom. The Morgan fingerprint density at radius 3 is 2.50 bits per heavy atom. The molecule has 1 amide bonds. The molecular weight excluding hydrogens is 351 g/mol. The molecule has 0 heterocycles. The minimum atomic E-state index is -1.15. The van der Waals surface area contributed by atoms with Gasteiger partial charge in [0.1, 0.15) is 12.2 Å². The lowest BCUT2D eigenvalue weighted by Gasteiger charge is -2.20. The fraction of sp³-hybridized carbons (Fsp3) is 0.312. The summed E-state index contributed by atoms with van der Waals surface area (Å²) in [5.41, 5.74) is -2.56. The maximum Gasteiger partial charge on any atom is 0.412 e. The summed E-state index contributed by atoms with van der Waals surface area (Å²) < 4.78 is 23.6. The van der Waals surface area contributed by atoms with Crippen LogP contribution in [0, 0.1) is 15.9 Å². The summed E-state index contributed by atoms with van der Waals surface area (Å²) in [5, 5.41) is 12.7. The number of nitrogens with zero attached hydrogens (tertiary/aromatic N) is 1. The van der Waals surface area contributed by atoms with E-state index in [0.29, 0.717) is 6.07 Å². The van der Waals surface area contributed by atoms with Crippen LogP contribution in [0.1, 0.15) is 31.1 Å². The number of carbonyl (C=O) groups is 3. The van der Waals surface area contributed by atoms with Gasteiger partial charge >= 0.3 is 12.1 Å². The number of nitro benzene ring substituents is 1. The largest absolute Gasteiger partial charge is 0.457 e. The molecule has 0 atom stereocenters. The van der Waals surface area contributed by atoms with E-state index in [1.165, 1.54) is 0 Å². The Kier molecular flexibility index (Phi) is 6.53. The molecule has 0 aliphatic carbocycles. The van der Waals surface area contributed by atoms with Gasteiger partial charge in [-0.25, -0.2) is 14.0 Å². The van der Waals surface area contributed by atoms with Crippen LogP contribution in [-0.2, 0) is 14.3 Å². The average Bonchev–Trinajstić information content (AvgIpc) is 2.52. The lowest BCUT2D eigenvalue weighted by molar-refractivity contribution is -0.385. The number of esters is 1. The number of nitro groups is 1. The number of hydrogen-bond donors (Lipinski definition) is 1. The zero-order valence-corrected chi connectivity index (χ0v) is 14.3. The predicted octanol–water partition coefficient (Wildman–Crippen LogP) is 2.99. The van der Waals surface area contributed by atoms with Crippen LogP contribution in [0.4, 0.5) is 20.6 Å². The number of benzene rings is 1. The minimum Gasteiger partial charge on any atom is -0.457 e. The number of carbonyl (C=O) groups excluding carboxylic acids is 3. The molecule has 0 saturated carbocycles. The van der Waals surface area contributed by atoms with Crippen molar-refractivity contribution in [3.63, 3.8) is 0 Å². The maximum atomic E-state index is 13.8. The van der Waals surface area contributed by atoms with Gasteiger partial charge in [0.2, 0.25) is 0 Å². The second-order valence-electron chi connectivity index (χ2n) is 6.07. The van der Waals surface area contributed by atoms with Gasteiger partial charge < -0.3 is 9.47 Å².